The highest BCUT2D eigenvalue weighted by Gasteiger charge is 2.30. The van der Waals surface area contributed by atoms with Crippen LogP contribution in [-0.2, 0) is 10.0 Å². The van der Waals surface area contributed by atoms with Gasteiger partial charge in [-0.25, -0.2) is 12.8 Å². The van der Waals surface area contributed by atoms with E-state index in [4.69, 9.17) is 5.73 Å². The molecule has 1 aromatic rings. The number of nitrogens with zero attached hydrogens (tertiary/aromatic N) is 2. The van der Waals surface area contributed by atoms with Gasteiger partial charge in [-0.3, -0.25) is 0 Å². The van der Waals surface area contributed by atoms with E-state index in [-0.39, 0.29) is 10.6 Å². The molecule has 0 unspecified atom stereocenters. The van der Waals surface area contributed by atoms with Crippen molar-refractivity contribution in [3.05, 3.63) is 24.0 Å². The van der Waals surface area contributed by atoms with Gasteiger partial charge in [0.1, 0.15) is 10.7 Å². The van der Waals surface area contributed by atoms with Crippen molar-refractivity contribution in [1.82, 2.24) is 9.21 Å². The van der Waals surface area contributed by atoms with Gasteiger partial charge >= 0.3 is 0 Å². The van der Waals surface area contributed by atoms with Crippen LogP contribution in [0.1, 0.15) is 13.8 Å². The van der Waals surface area contributed by atoms with Crippen molar-refractivity contribution in [3.8, 4) is 0 Å². The van der Waals surface area contributed by atoms with Gasteiger partial charge in [0.2, 0.25) is 10.0 Å². The molecule has 0 spiro atoms. The second kappa shape index (κ2) is 6.29. The Morgan fingerprint density at radius 2 is 1.86 bits per heavy atom. The second-order valence-electron chi connectivity index (χ2n) is 5.78. The molecular weight excluding hydrogens is 293 g/mol. The van der Waals surface area contributed by atoms with Gasteiger partial charge in [0.05, 0.1) is 5.69 Å². The maximum absolute atomic E-state index is 13.3. The number of rotatable bonds is 4. The predicted octanol–water partition coefficient (Wildman–Crippen LogP) is 1.37. The van der Waals surface area contributed by atoms with Gasteiger partial charge < -0.3 is 10.6 Å². The number of benzene rings is 1. The first-order valence-electron chi connectivity index (χ1n) is 7.08. The molecule has 1 aromatic carbocycles. The van der Waals surface area contributed by atoms with E-state index < -0.39 is 15.8 Å². The van der Waals surface area contributed by atoms with E-state index in [9.17, 15) is 12.8 Å². The van der Waals surface area contributed by atoms with Crippen molar-refractivity contribution in [1.29, 1.82) is 0 Å². The molecule has 0 amide bonds. The van der Waals surface area contributed by atoms with E-state index in [2.05, 4.69) is 18.7 Å². The third-order valence-corrected chi connectivity index (χ3v) is 5.50. The van der Waals surface area contributed by atoms with Crippen LogP contribution in [0.5, 0.6) is 0 Å². The van der Waals surface area contributed by atoms with Crippen LogP contribution < -0.4 is 5.73 Å². The van der Waals surface area contributed by atoms with E-state index in [1.54, 1.807) is 0 Å². The van der Waals surface area contributed by atoms with Gasteiger partial charge in [-0.05, 0) is 24.1 Å². The van der Waals surface area contributed by atoms with Crippen LogP contribution in [0, 0.1) is 11.7 Å². The van der Waals surface area contributed by atoms with Crippen LogP contribution in [0.2, 0.25) is 0 Å². The Bertz CT molecular complexity index is 596. The lowest BCUT2D eigenvalue weighted by Crippen LogP contribution is -2.49. The number of nitrogen functional groups attached to an aromatic ring is 1. The fraction of sp³-hybridized carbons (Fsp3) is 0.571. The summed E-state index contributed by atoms with van der Waals surface area (Å²) in [5, 5.41) is 0. The zero-order valence-corrected chi connectivity index (χ0v) is 13.2. The third-order valence-electron chi connectivity index (χ3n) is 3.55. The van der Waals surface area contributed by atoms with Crippen molar-refractivity contribution in [2.24, 2.45) is 5.92 Å². The minimum absolute atomic E-state index is 0.0843. The number of hydrogen-bond donors (Lipinski definition) is 1. The van der Waals surface area contributed by atoms with E-state index >= 15 is 0 Å². The molecule has 7 heteroatoms. The Morgan fingerprint density at radius 3 is 2.43 bits per heavy atom. The van der Waals surface area contributed by atoms with Gasteiger partial charge in [-0.2, -0.15) is 4.31 Å². The zero-order chi connectivity index (χ0) is 15.6. The Labute approximate surface area is 125 Å². The number of hydrogen-bond acceptors (Lipinski definition) is 4. The molecule has 1 fully saturated rings. The van der Waals surface area contributed by atoms with Crippen molar-refractivity contribution >= 4 is 15.7 Å². The van der Waals surface area contributed by atoms with Crippen molar-refractivity contribution < 1.29 is 12.8 Å². The fourth-order valence-electron chi connectivity index (χ4n) is 2.54. The van der Waals surface area contributed by atoms with Crippen molar-refractivity contribution in [3.63, 3.8) is 0 Å². The maximum Gasteiger partial charge on any atom is 0.245 e. The normalized spacial score (nSPS) is 18.3. The molecule has 0 aliphatic carbocycles. The largest absolute Gasteiger partial charge is 0.398 e. The molecule has 1 saturated heterocycles. The molecule has 0 aromatic heterocycles. The van der Waals surface area contributed by atoms with Crippen LogP contribution in [0.15, 0.2) is 23.1 Å². The van der Waals surface area contributed by atoms with Crippen LogP contribution in [0.3, 0.4) is 0 Å². The minimum Gasteiger partial charge on any atom is -0.398 e. The smallest absolute Gasteiger partial charge is 0.245 e. The first-order valence-corrected chi connectivity index (χ1v) is 8.52. The summed E-state index contributed by atoms with van der Waals surface area (Å²) in [6.07, 6.45) is 0. The van der Waals surface area contributed by atoms with Crippen LogP contribution in [0.4, 0.5) is 10.1 Å². The van der Waals surface area contributed by atoms with E-state index in [1.807, 2.05) is 0 Å². The van der Waals surface area contributed by atoms with E-state index in [1.165, 1.54) is 10.4 Å². The molecule has 2 N–H and O–H groups in total. The van der Waals surface area contributed by atoms with E-state index in [0.717, 1.165) is 18.7 Å². The van der Waals surface area contributed by atoms with Crippen molar-refractivity contribution in [2.75, 3.05) is 38.5 Å². The van der Waals surface area contributed by atoms with Gasteiger partial charge in [0.25, 0.3) is 0 Å². The molecule has 21 heavy (non-hydrogen) atoms. The van der Waals surface area contributed by atoms with Crippen molar-refractivity contribution in [2.45, 2.75) is 18.7 Å². The summed E-state index contributed by atoms with van der Waals surface area (Å²) in [5.74, 6) is -0.0479. The molecule has 5 nitrogen and oxygen atoms in total. The van der Waals surface area contributed by atoms with Crippen LogP contribution in [0.25, 0.3) is 0 Å². The Hall–Kier alpha value is -1.18. The fourth-order valence-corrected chi connectivity index (χ4v) is 4.09. The van der Waals surface area contributed by atoms with Crippen LogP contribution in [-0.4, -0.2) is 50.3 Å². The quantitative estimate of drug-likeness (QED) is 0.852. The van der Waals surface area contributed by atoms with Crippen LogP contribution >= 0.6 is 0 Å². The summed E-state index contributed by atoms with van der Waals surface area (Å²) in [5.41, 5.74) is 5.78. The lowest BCUT2D eigenvalue weighted by atomic mass is 10.2. The number of halogens is 1. The predicted molar refractivity (Wildman–Crippen MR) is 80.8 cm³/mol. The average Bonchev–Trinajstić information content (AvgIpc) is 2.41. The van der Waals surface area contributed by atoms with Gasteiger partial charge in [-0.15, -0.1) is 0 Å². The molecule has 0 atom stereocenters. The number of piperazine rings is 1. The molecule has 0 radical (unpaired) electrons. The minimum atomic E-state index is -3.73. The lowest BCUT2D eigenvalue weighted by molar-refractivity contribution is 0.172. The van der Waals surface area contributed by atoms with E-state index in [0.29, 0.717) is 32.1 Å². The SMILES string of the molecule is CC(C)CN1CCN(S(=O)(=O)c2cc(F)ccc2N)CC1. The molecule has 2 rings (SSSR count). The highest BCUT2D eigenvalue weighted by molar-refractivity contribution is 7.89. The lowest BCUT2D eigenvalue weighted by Gasteiger charge is -2.34. The highest BCUT2D eigenvalue weighted by Crippen LogP contribution is 2.24. The molecular formula is C14H22FN3O2S. The summed E-state index contributed by atoms with van der Waals surface area (Å²) in [6.45, 7) is 7.42. The Balaban J connectivity index is 2.13. The molecule has 0 bridgehead atoms. The number of nitrogens with two attached hydrogens (primary N) is 1. The standard InChI is InChI=1S/C14H22FN3O2S/c1-11(2)10-17-5-7-18(8-6-17)21(19,20)14-9-12(15)3-4-13(14)16/h3-4,9,11H,5-8,10,16H2,1-2H3. The number of anilines is 1. The summed E-state index contributed by atoms with van der Waals surface area (Å²) in [6, 6.07) is 3.44. The first kappa shape index (κ1) is 16.2. The third kappa shape index (κ3) is 3.72. The summed E-state index contributed by atoms with van der Waals surface area (Å²) < 4.78 is 39.8. The maximum atomic E-state index is 13.3. The molecule has 0 saturated carbocycles. The highest BCUT2D eigenvalue weighted by atomic mass is 32.2. The summed E-state index contributed by atoms with van der Waals surface area (Å²) in [4.78, 5) is 2.10. The zero-order valence-electron chi connectivity index (χ0n) is 12.4. The van der Waals surface area contributed by atoms with Gasteiger partial charge in [-0.1, -0.05) is 13.8 Å². The molecule has 118 valence electrons. The second-order valence-corrected chi connectivity index (χ2v) is 7.69. The monoisotopic (exact) mass is 315 g/mol. The van der Waals surface area contributed by atoms with Gasteiger partial charge in [0.15, 0.2) is 0 Å². The Morgan fingerprint density at radius 1 is 1.24 bits per heavy atom. The molecule has 1 aliphatic heterocycles. The molecule has 1 aliphatic rings. The van der Waals surface area contributed by atoms with Gasteiger partial charge in [0, 0.05) is 32.7 Å². The summed E-state index contributed by atoms with van der Waals surface area (Å²) >= 11 is 0. The average molecular weight is 315 g/mol. The topological polar surface area (TPSA) is 66.6 Å². The first-order chi connectivity index (χ1) is 9.80. The Kier molecular flexibility index (Phi) is 4.85. The molecule has 1 heterocycles. The summed E-state index contributed by atoms with van der Waals surface area (Å²) in [7, 11) is -3.73. The number of sulfonamides is 1.